The van der Waals surface area contributed by atoms with Gasteiger partial charge in [-0.2, -0.15) is 0 Å². The molecule has 8 aromatic rings. The maximum atomic E-state index is 5.00. The molecule has 2 heterocycles. The molecule has 0 aliphatic carbocycles. The molecular weight excluding hydrogens is 545 g/mol. The van der Waals surface area contributed by atoms with Gasteiger partial charge in [-0.3, -0.25) is 9.13 Å². The molecule has 0 spiro atoms. The maximum Gasteiger partial charge on any atom is 0.145 e. The van der Waals surface area contributed by atoms with Gasteiger partial charge in [0.05, 0.1) is 22.1 Å². The first-order valence-corrected chi connectivity index (χ1v) is 15.1. The monoisotopic (exact) mass is 570 g/mol. The molecule has 5 heteroatoms. The molecule has 8 rings (SSSR count). The van der Waals surface area contributed by atoms with E-state index in [9.17, 15) is 0 Å². The first-order chi connectivity index (χ1) is 21.3. The van der Waals surface area contributed by atoms with Crippen molar-refractivity contribution in [3.05, 3.63) is 158 Å². The Labute approximate surface area is 253 Å². The van der Waals surface area contributed by atoms with Crippen molar-refractivity contribution in [3.8, 4) is 34.2 Å². The number of fused-ring (bicyclic) bond motifs is 2. The van der Waals surface area contributed by atoms with Crippen molar-refractivity contribution < 1.29 is 0 Å². The van der Waals surface area contributed by atoms with Crippen molar-refractivity contribution in [2.24, 2.45) is 0 Å². The van der Waals surface area contributed by atoms with E-state index in [1.165, 1.54) is 9.79 Å². The molecule has 0 amide bonds. The van der Waals surface area contributed by atoms with Crippen LogP contribution in [-0.4, -0.2) is 19.1 Å². The second-order valence-corrected chi connectivity index (χ2v) is 11.5. The molecule has 43 heavy (non-hydrogen) atoms. The van der Waals surface area contributed by atoms with Crippen molar-refractivity contribution in [3.63, 3.8) is 0 Å². The number of benzene rings is 6. The van der Waals surface area contributed by atoms with Crippen LogP contribution in [0.1, 0.15) is 0 Å². The van der Waals surface area contributed by atoms with Gasteiger partial charge in [0.2, 0.25) is 0 Å². The number of para-hydroxylation sites is 6. The molecule has 0 saturated heterocycles. The second kappa shape index (κ2) is 10.8. The van der Waals surface area contributed by atoms with Crippen molar-refractivity contribution >= 4 is 33.8 Å². The number of hydrogen-bond acceptors (Lipinski definition) is 3. The zero-order valence-electron chi connectivity index (χ0n) is 23.2. The third-order valence-electron chi connectivity index (χ3n) is 7.61. The topological polar surface area (TPSA) is 35.6 Å². The molecule has 0 saturated carbocycles. The van der Waals surface area contributed by atoms with Gasteiger partial charge in [-0.05, 0) is 72.8 Å². The highest BCUT2D eigenvalue weighted by Crippen LogP contribution is 2.34. The highest BCUT2D eigenvalue weighted by atomic mass is 32.2. The Morgan fingerprint density at radius 1 is 0.372 bits per heavy atom. The summed E-state index contributed by atoms with van der Waals surface area (Å²) >= 11 is 1.75. The van der Waals surface area contributed by atoms with Crippen LogP contribution >= 0.6 is 11.8 Å². The van der Waals surface area contributed by atoms with Crippen molar-refractivity contribution in [1.29, 1.82) is 0 Å². The fourth-order valence-electron chi connectivity index (χ4n) is 5.60. The van der Waals surface area contributed by atoms with Gasteiger partial charge >= 0.3 is 0 Å². The maximum absolute atomic E-state index is 5.00. The van der Waals surface area contributed by atoms with E-state index < -0.39 is 0 Å². The molecule has 0 fully saturated rings. The van der Waals surface area contributed by atoms with E-state index in [-0.39, 0.29) is 0 Å². The minimum atomic E-state index is 0.939. The number of imidazole rings is 2. The van der Waals surface area contributed by atoms with Crippen LogP contribution in [-0.2, 0) is 0 Å². The Kier molecular flexibility index (Phi) is 6.35. The summed E-state index contributed by atoms with van der Waals surface area (Å²) in [5, 5.41) is 0. The third-order valence-corrected chi connectivity index (χ3v) is 8.63. The van der Waals surface area contributed by atoms with E-state index in [0.29, 0.717) is 0 Å². The quantitative estimate of drug-likeness (QED) is 0.200. The van der Waals surface area contributed by atoms with E-state index in [4.69, 9.17) is 9.97 Å². The first-order valence-electron chi connectivity index (χ1n) is 14.3. The van der Waals surface area contributed by atoms with E-state index >= 15 is 0 Å². The van der Waals surface area contributed by atoms with Gasteiger partial charge in [0, 0.05) is 32.3 Å². The van der Waals surface area contributed by atoms with Gasteiger partial charge in [-0.25, -0.2) is 9.97 Å². The molecular formula is C38H26N4S. The molecule has 0 bridgehead atoms. The smallest absolute Gasteiger partial charge is 0.145 e. The lowest BCUT2D eigenvalue weighted by atomic mass is 10.2. The van der Waals surface area contributed by atoms with Crippen LogP contribution in [0.4, 0.5) is 0 Å². The zero-order chi connectivity index (χ0) is 28.6. The SMILES string of the molecule is c1ccc(-n2c(-c3ccc(Sc4ccc(-c5nc6ccccc6n5-c5ccccc5)cc4)cc3)nc3ccccc32)cc1. The molecule has 0 unspecified atom stereocenters. The minimum absolute atomic E-state index is 0.939. The minimum Gasteiger partial charge on any atom is -0.292 e. The molecule has 0 atom stereocenters. The first kappa shape index (κ1) is 25.3. The Hall–Kier alpha value is -5.39. The Bertz CT molecular complexity index is 2020. The van der Waals surface area contributed by atoms with Gasteiger partial charge in [0.1, 0.15) is 11.6 Å². The van der Waals surface area contributed by atoms with Crippen LogP contribution in [0.25, 0.3) is 56.2 Å². The second-order valence-electron chi connectivity index (χ2n) is 10.3. The molecule has 0 radical (unpaired) electrons. The summed E-state index contributed by atoms with van der Waals surface area (Å²) in [6, 6.07) is 54.8. The fourth-order valence-corrected chi connectivity index (χ4v) is 6.41. The summed E-state index contributed by atoms with van der Waals surface area (Å²) in [4.78, 5) is 12.4. The average molecular weight is 571 g/mol. The molecule has 0 aliphatic heterocycles. The standard InChI is InChI=1S/C38H26N4S/c1-3-11-29(12-4-1)41-35-17-9-7-15-33(35)39-37(41)27-19-23-31(24-20-27)43-32-25-21-28(22-26-32)38-40-34-16-8-10-18-36(34)42(38)30-13-5-2-6-14-30/h1-26H. The van der Waals surface area contributed by atoms with Gasteiger partial charge in [0.25, 0.3) is 0 Å². The van der Waals surface area contributed by atoms with Crippen LogP contribution in [0.15, 0.2) is 168 Å². The molecule has 0 aliphatic rings. The zero-order valence-corrected chi connectivity index (χ0v) is 24.0. The van der Waals surface area contributed by atoms with E-state index in [1.54, 1.807) is 11.8 Å². The Morgan fingerprint density at radius 2 is 0.744 bits per heavy atom. The predicted molar refractivity (Wildman–Crippen MR) is 177 cm³/mol. The largest absolute Gasteiger partial charge is 0.292 e. The van der Waals surface area contributed by atoms with Crippen LogP contribution in [0.3, 0.4) is 0 Å². The highest BCUT2D eigenvalue weighted by Gasteiger charge is 2.16. The van der Waals surface area contributed by atoms with Gasteiger partial charge in [-0.15, -0.1) is 0 Å². The summed E-state index contributed by atoms with van der Waals surface area (Å²) in [6.07, 6.45) is 0. The lowest BCUT2D eigenvalue weighted by Crippen LogP contribution is -1.97. The summed E-state index contributed by atoms with van der Waals surface area (Å²) in [7, 11) is 0. The predicted octanol–water partition coefficient (Wildman–Crippen LogP) is 9.85. The van der Waals surface area contributed by atoms with Crippen molar-refractivity contribution in [2.75, 3.05) is 0 Å². The van der Waals surface area contributed by atoms with Gasteiger partial charge < -0.3 is 0 Å². The lowest BCUT2D eigenvalue weighted by Gasteiger charge is -2.11. The normalized spacial score (nSPS) is 11.3. The lowest BCUT2D eigenvalue weighted by molar-refractivity contribution is 1.10. The fraction of sp³-hybridized carbons (Fsp3) is 0. The van der Waals surface area contributed by atoms with Gasteiger partial charge in [0.15, 0.2) is 0 Å². The third kappa shape index (κ3) is 4.70. The molecule has 204 valence electrons. The van der Waals surface area contributed by atoms with Crippen molar-refractivity contribution in [2.45, 2.75) is 9.79 Å². The summed E-state index contributed by atoms with van der Waals surface area (Å²) < 4.78 is 4.47. The van der Waals surface area contributed by atoms with Crippen LogP contribution in [0.5, 0.6) is 0 Å². The molecule has 0 N–H and O–H groups in total. The summed E-state index contributed by atoms with van der Waals surface area (Å²) in [6.45, 7) is 0. The van der Waals surface area contributed by atoms with Crippen LogP contribution in [0.2, 0.25) is 0 Å². The number of rotatable bonds is 6. The van der Waals surface area contributed by atoms with E-state index in [1.807, 2.05) is 24.3 Å². The van der Waals surface area contributed by atoms with Crippen LogP contribution in [0, 0.1) is 0 Å². The van der Waals surface area contributed by atoms with E-state index in [2.05, 4.69) is 143 Å². The molecule has 2 aromatic heterocycles. The number of aromatic nitrogens is 4. The van der Waals surface area contributed by atoms with Crippen molar-refractivity contribution in [1.82, 2.24) is 19.1 Å². The number of hydrogen-bond donors (Lipinski definition) is 0. The van der Waals surface area contributed by atoms with Gasteiger partial charge in [-0.1, -0.05) is 96.7 Å². The summed E-state index contributed by atoms with van der Waals surface area (Å²) in [5.41, 5.74) is 8.54. The van der Waals surface area contributed by atoms with E-state index in [0.717, 1.165) is 56.2 Å². The number of nitrogens with zero attached hydrogens (tertiary/aromatic N) is 4. The highest BCUT2D eigenvalue weighted by molar-refractivity contribution is 7.99. The Balaban J connectivity index is 1.09. The van der Waals surface area contributed by atoms with Crippen LogP contribution < -0.4 is 0 Å². The Morgan fingerprint density at radius 3 is 1.16 bits per heavy atom. The molecule has 4 nitrogen and oxygen atoms in total. The average Bonchev–Trinajstić information content (AvgIpc) is 3.66. The molecule has 6 aromatic carbocycles. The summed E-state index contributed by atoms with van der Waals surface area (Å²) in [5.74, 6) is 1.88.